The molecule has 0 atom stereocenters. The van der Waals surface area contributed by atoms with Crippen LogP contribution in [0.15, 0.2) is 23.2 Å². The lowest BCUT2D eigenvalue weighted by molar-refractivity contribution is -0.119. The number of allylic oxidation sites excluding steroid dienone is 1. The van der Waals surface area contributed by atoms with Crippen molar-refractivity contribution >= 4 is 29.0 Å². The first-order chi connectivity index (χ1) is 13.6. The van der Waals surface area contributed by atoms with E-state index in [4.69, 9.17) is 0 Å². The summed E-state index contributed by atoms with van der Waals surface area (Å²) >= 11 is 3.21. The number of thiophene rings is 1. The molecule has 152 valence electrons. The number of carbonyl (C=O) groups is 1. The summed E-state index contributed by atoms with van der Waals surface area (Å²) in [6, 6.07) is 0.332. The first-order valence-electron chi connectivity index (χ1n) is 10.2. The van der Waals surface area contributed by atoms with E-state index >= 15 is 0 Å². The average Bonchev–Trinajstić information content (AvgIpc) is 3.14. The van der Waals surface area contributed by atoms with Gasteiger partial charge >= 0.3 is 0 Å². The van der Waals surface area contributed by atoms with Crippen molar-refractivity contribution in [3.8, 4) is 11.4 Å². The maximum Gasteiger partial charge on any atom is 0.230 e. The van der Waals surface area contributed by atoms with Gasteiger partial charge in [-0.25, -0.2) is 0 Å². The Morgan fingerprint density at radius 2 is 2.11 bits per heavy atom. The lowest BCUT2D eigenvalue weighted by Crippen LogP contribution is -2.35. The van der Waals surface area contributed by atoms with Crippen LogP contribution in [0, 0.1) is 6.92 Å². The molecule has 0 unspecified atom stereocenters. The van der Waals surface area contributed by atoms with Gasteiger partial charge in [0.2, 0.25) is 5.91 Å². The molecule has 0 radical (unpaired) electrons. The second kappa shape index (κ2) is 10.3. The lowest BCUT2D eigenvalue weighted by atomic mass is 10.1. The summed E-state index contributed by atoms with van der Waals surface area (Å²) in [5, 5.41) is 15.0. The molecule has 1 fully saturated rings. The van der Waals surface area contributed by atoms with Crippen molar-refractivity contribution in [2.24, 2.45) is 0 Å². The van der Waals surface area contributed by atoms with Crippen LogP contribution in [0.2, 0.25) is 0 Å². The number of rotatable bonds is 8. The second-order valence-corrected chi connectivity index (χ2v) is 9.31. The minimum absolute atomic E-state index is 0.0900. The number of nitrogens with zero attached hydrogens (tertiary/aromatic N) is 3. The number of nitrogens with one attached hydrogen (secondary N) is 1. The van der Waals surface area contributed by atoms with Gasteiger partial charge in [-0.15, -0.1) is 28.1 Å². The summed E-state index contributed by atoms with van der Waals surface area (Å²) in [5.41, 5.74) is 2.47. The van der Waals surface area contributed by atoms with E-state index in [1.807, 2.05) is 6.08 Å². The Morgan fingerprint density at radius 3 is 2.79 bits per heavy atom. The van der Waals surface area contributed by atoms with Gasteiger partial charge in [-0.2, -0.15) is 0 Å². The summed E-state index contributed by atoms with van der Waals surface area (Å²) in [6.45, 7) is 8.82. The van der Waals surface area contributed by atoms with Gasteiger partial charge in [0, 0.05) is 28.4 Å². The van der Waals surface area contributed by atoms with Crippen molar-refractivity contribution in [1.29, 1.82) is 0 Å². The van der Waals surface area contributed by atoms with Crippen LogP contribution in [0.5, 0.6) is 0 Å². The molecular formula is C21H30N4OS2. The molecule has 1 aliphatic rings. The molecule has 0 aliphatic heterocycles. The maximum atomic E-state index is 12.4. The number of hydrogen-bond donors (Lipinski definition) is 1. The zero-order chi connectivity index (χ0) is 19.9. The molecule has 0 aromatic carbocycles. The second-order valence-electron chi connectivity index (χ2n) is 7.29. The lowest BCUT2D eigenvalue weighted by Gasteiger charge is -2.16. The summed E-state index contributed by atoms with van der Waals surface area (Å²) in [5.74, 6) is 1.33. The predicted molar refractivity (Wildman–Crippen MR) is 118 cm³/mol. The normalized spacial score (nSPS) is 15.4. The third-order valence-corrected chi connectivity index (χ3v) is 7.20. The van der Waals surface area contributed by atoms with Crippen molar-refractivity contribution in [2.45, 2.75) is 76.5 Å². The molecule has 7 heteroatoms. The summed E-state index contributed by atoms with van der Waals surface area (Å²) in [6.07, 6.45) is 10.0. The number of hydrogen-bond acceptors (Lipinski definition) is 5. The van der Waals surface area contributed by atoms with Crippen LogP contribution in [0.1, 0.15) is 55.9 Å². The molecular weight excluding hydrogens is 388 g/mol. The van der Waals surface area contributed by atoms with E-state index in [2.05, 4.69) is 45.9 Å². The van der Waals surface area contributed by atoms with Crippen LogP contribution in [-0.2, 0) is 17.8 Å². The van der Waals surface area contributed by atoms with E-state index in [0.29, 0.717) is 18.3 Å². The molecule has 0 spiro atoms. The number of thioether (sulfide) groups is 1. The minimum atomic E-state index is 0.0900. The zero-order valence-electron chi connectivity index (χ0n) is 16.9. The Labute approximate surface area is 176 Å². The fourth-order valence-electron chi connectivity index (χ4n) is 3.82. The molecule has 2 aromatic rings. The molecule has 1 saturated carbocycles. The van der Waals surface area contributed by atoms with E-state index in [1.165, 1.54) is 47.9 Å². The van der Waals surface area contributed by atoms with Gasteiger partial charge in [-0.3, -0.25) is 9.36 Å². The van der Waals surface area contributed by atoms with Crippen molar-refractivity contribution < 1.29 is 4.79 Å². The van der Waals surface area contributed by atoms with Crippen molar-refractivity contribution in [1.82, 2.24) is 20.1 Å². The van der Waals surface area contributed by atoms with Crippen LogP contribution in [0.4, 0.5) is 0 Å². The first kappa shape index (κ1) is 21.1. The summed E-state index contributed by atoms with van der Waals surface area (Å²) in [7, 11) is 0. The fourth-order valence-corrected chi connectivity index (χ4v) is 5.52. The van der Waals surface area contributed by atoms with Gasteiger partial charge in [0.25, 0.3) is 0 Å². The van der Waals surface area contributed by atoms with Gasteiger partial charge in [0.1, 0.15) is 0 Å². The average molecular weight is 419 g/mol. The fraction of sp³-hybridized carbons (Fsp3) is 0.571. The van der Waals surface area contributed by atoms with Crippen molar-refractivity contribution in [3.05, 3.63) is 28.5 Å². The highest BCUT2D eigenvalue weighted by atomic mass is 32.2. The first-order valence-corrected chi connectivity index (χ1v) is 12.0. The van der Waals surface area contributed by atoms with E-state index in [9.17, 15) is 4.79 Å². The molecule has 1 amide bonds. The Morgan fingerprint density at radius 1 is 1.36 bits per heavy atom. The Hall–Kier alpha value is -1.60. The summed E-state index contributed by atoms with van der Waals surface area (Å²) in [4.78, 5) is 13.8. The maximum absolute atomic E-state index is 12.4. The molecule has 1 aliphatic carbocycles. The highest BCUT2D eigenvalue weighted by Gasteiger charge is 2.20. The molecule has 2 aromatic heterocycles. The van der Waals surface area contributed by atoms with Gasteiger partial charge in [0.05, 0.1) is 5.75 Å². The highest BCUT2D eigenvalue weighted by Crippen LogP contribution is 2.32. The number of aromatic nitrogens is 3. The molecule has 1 N–H and O–H groups in total. The van der Waals surface area contributed by atoms with Crippen LogP contribution in [-0.4, -0.2) is 32.5 Å². The van der Waals surface area contributed by atoms with E-state index < -0.39 is 0 Å². The zero-order valence-corrected chi connectivity index (χ0v) is 18.5. The number of carbonyl (C=O) groups excluding carboxylic acids is 1. The molecule has 3 rings (SSSR count). The minimum Gasteiger partial charge on any atom is -0.353 e. The smallest absolute Gasteiger partial charge is 0.230 e. The molecule has 0 bridgehead atoms. The van der Waals surface area contributed by atoms with Crippen molar-refractivity contribution in [2.75, 3.05) is 5.75 Å². The van der Waals surface area contributed by atoms with Crippen molar-refractivity contribution in [3.63, 3.8) is 0 Å². The van der Waals surface area contributed by atoms with E-state index in [-0.39, 0.29) is 5.91 Å². The highest BCUT2D eigenvalue weighted by molar-refractivity contribution is 7.99. The number of amides is 1. The Kier molecular flexibility index (Phi) is 7.73. The van der Waals surface area contributed by atoms with Crippen LogP contribution in [0.3, 0.4) is 0 Å². The van der Waals surface area contributed by atoms with E-state index in [0.717, 1.165) is 35.8 Å². The van der Waals surface area contributed by atoms with Crippen LogP contribution < -0.4 is 5.32 Å². The van der Waals surface area contributed by atoms with Gasteiger partial charge < -0.3 is 5.32 Å². The topological polar surface area (TPSA) is 59.8 Å². The van der Waals surface area contributed by atoms with Crippen LogP contribution >= 0.6 is 23.1 Å². The molecule has 2 heterocycles. The largest absolute Gasteiger partial charge is 0.353 e. The SMILES string of the molecule is C=CCn1c(SCC(=O)NC2CCCCCC2)nnc1-c1csc(C)c1CC. The van der Waals surface area contributed by atoms with Gasteiger partial charge in [-0.1, -0.05) is 50.4 Å². The predicted octanol–water partition coefficient (Wildman–Crippen LogP) is 4.99. The number of aryl methyl sites for hydroxylation is 1. The third kappa shape index (κ3) is 5.06. The monoisotopic (exact) mass is 418 g/mol. The van der Waals surface area contributed by atoms with Crippen LogP contribution in [0.25, 0.3) is 11.4 Å². The Balaban J connectivity index is 1.69. The molecule has 5 nitrogen and oxygen atoms in total. The van der Waals surface area contributed by atoms with Gasteiger partial charge in [0.15, 0.2) is 11.0 Å². The molecule has 28 heavy (non-hydrogen) atoms. The standard InChI is InChI=1S/C21H30N4OS2/c1-4-12-25-20(18-13-27-15(3)17(18)5-2)23-24-21(25)28-14-19(26)22-16-10-8-6-7-9-11-16/h4,13,16H,1,5-12,14H2,2-3H3,(H,22,26). The summed E-state index contributed by atoms with van der Waals surface area (Å²) < 4.78 is 2.07. The Bertz CT molecular complexity index is 803. The molecule has 0 saturated heterocycles. The quantitative estimate of drug-likeness (QED) is 0.372. The third-order valence-electron chi connectivity index (χ3n) is 5.28. The van der Waals surface area contributed by atoms with Gasteiger partial charge in [-0.05, 0) is 31.7 Å². The van der Waals surface area contributed by atoms with E-state index in [1.54, 1.807) is 11.3 Å².